The first-order valence-corrected chi connectivity index (χ1v) is 7.18. The Kier molecular flexibility index (Phi) is 9.80. The van der Waals surface area contributed by atoms with Gasteiger partial charge in [0.05, 0.1) is 20.6 Å². The number of nitrogens with zero attached hydrogens (tertiary/aromatic N) is 1. The number of halogens is 5. The number of para-hydroxylation sites is 1. The number of hydrogen-bond acceptors (Lipinski definition) is 4. The van der Waals surface area contributed by atoms with Crippen molar-refractivity contribution in [1.82, 2.24) is 10.2 Å². The first-order valence-electron chi connectivity index (χ1n) is 7.18. The van der Waals surface area contributed by atoms with Crippen molar-refractivity contribution in [1.29, 1.82) is 0 Å². The Morgan fingerprint density at radius 2 is 1.75 bits per heavy atom. The van der Waals surface area contributed by atoms with E-state index in [1.54, 1.807) is 18.2 Å². The molecule has 2 rings (SSSR count). The third kappa shape index (κ3) is 5.88. The van der Waals surface area contributed by atoms with E-state index in [0.717, 1.165) is 0 Å². The first kappa shape index (κ1) is 23.1. The highest BCUT2D eigenvalue weighted by atomic mass is 35.5. The molecular weight excluding hydrogens is 368 g/mol. The summed E-state index contributed by atoms with van der Waals surface area (Å²) in [5.41, 5.74) is 0.515. The Labute approximate surface area is 152 Å². The highest BCUT2D eigenvalue weighted by Crippen LogP contribution is 2.41. The molecular formula is C15H23Cl2F3N2O2. The molecule has 0 aliphatic carbocycles. The molecule has 9 heteroatoms. The van der Waals surface area contributed by atoms with E-state index in [1.165, 1.54) is 14.2 Å². The number of piperazine rings is 1. The minimum Gasteiger partial charge on any atom is -0.493 e. The van der Waals surface area contributed by atoms with Crippen molar-refractivity contribution < 1.29 is 22.6 Å². The second kappa shape index (κ2) is 10.2. The van der Waals surface area contributed by atoms with Gasteiger partial charge in [-0.1, -0.05) is 12.1 Å². The van der Waals surface area contributed by atoms with Gasteiger partial charge in [-0.15, -0.1) is 24.8 Å². The summed E-state index contributed by atoms with van der Waals surface area (Å²) < 4.78 is 49.7. The lowest BCUT2D eigenvalue weighted by Crippen LogP contribution is -2.46. The lowest BCUT2D eigenvalue weighted by atomic mass is 9.99. The highest BCUT2D eigenvalue weighted by molar-refractivity contribution is 5.85. The van der Waals surface area contributed by atoms with E-state index in [-0.39, 0.29) is 24.8 Å². The maximum absolute atomic E-state index is 13.1. The molecule has 0 amide bonds. The summed E-state index contributed by atoms with van der Waals surface area (Å²) in [6, 6.07) is 4.29. The quantitative estimate of drug-likeness (QED) is 0.834. The zero-order valence-corrected chi connectivity index (χ0v) is 15.2. The third-order valence-electron chi connectivity index (χ3n) is 3.81. The van der Waals surface area contributed by atoms with E-state index in [0.29, 0.717) is 43.2 Å². The molecule has 1 N–H and O–H groups in total. The average molecular weight is 391 g/mol. The van der Waals surface area contributed by atoms with Crippen LogP contribution in [0.1, 0.15) is 18.0 Å². The minimum absolute atomic E-state index is 0. The van der Waals surface area contributed by atoms with Crippen molar-refractivity contribution >= 4 is 24.8 Å². The van der Waals surface area contributed by atoms with E-state index in [4.69, 9.17) is 9.47 Å². The molecule has 24 heavy (non-hydrogen) atoms. The van der Waals surface area contributed by atoms with Crippen molar-refractivity contribution in [2.75, 3.05) is 40.4 Å². The van der Waals surface area contributed by atoms with Gasteiger partial charge in [-0.2, -0.15) is 13.2 Å². The Morgan fingerprint density at radius 3 is 2.25 bits per heavy atom. The van der Waals surface area contributed by atoms with Crippen molar-refractivity contribution in [3.8, 4) is 11.5 Å². The number of alkyl halides is 3. The van der Waals surface area contributed by atoms with Crippen molar-refractivity contribution in [2.45, 2.75) is 18.6 Å². The van der Waals surface area contributed by atoms with Crippen LogP contribution >= 0.6 is 24.8 Å². The zero-order valence-electron chi connectivity index (χ0n) is 13.6. The molecule has 1 aliphatic heterocycles. The summed E-state index contributed by atoms with van der Waals surface area (Å²) >= 11 is 0. The molecule has 1 aromatic carbocycles. The van der Waals surface area contributed by atoms with Gasteiger partial charge >= 0.3 is 6.18 Å². The molecule has 4 nitrogen and oxygen atoms in total. The summed E-state index contributed by atoms with van der Waals surface area (Å²) in [4.78, 5) is 1.85. The van der Waals surface area contributed by atoms with E-state index in [9.17, 15) is 13.2 Å². The van der Waals surface area contributed by atoms with Crippen molar-refractivity contribution in [3.63, 3.8) is 0 Å². The van der Waals surface area contributed by atoms with E-state index < -0.39 is 18.6 Å². The normalized spacial score (nSPS) is 16.5. The number of methoxy groups -OCH3 is 2. The van der Waals surface area contributed by atoms with Crippen LogP contribution < -0.4 is 14.8 Å². The first-order chi connectivity index (χ1) is 10.5. The van der Waals surface area contributed by atoms with Gasteiger partial charge in [0.2, 0.25) is 0 Å². The van der Waals surface area contributed by atoms with Gasteiger partial charge in [0.25, 0.3) is 0 Å². The van der Waals surface area contributed by atoms with Crippen LogP contribution in [0.3, 0.4) is 0 Å². The van der Waals surface area contributed by atoms with Gasteiger partial charge < -0.3 is 14.8 Å². The maximum Gasteiger partial charge on any atom is 0.390 e. The van der Waals surface area contributed by atoms with Crippen molar-refractivity contribution in [2.24, 2.45) is 0 Å². The molecule has 1 heterocycles. The molecule has 0 radical (unpaired) electrons. The molecule has 140 valence electrons. The predicted octanol–water partition coefficient (Wildman–Crippen LogP) is 3.45. The monoisotopic (exact) mass is 390 g/mol. The molecule has 1 aromatic rings. The van der Waals surface area contributed by atoms with Gasteiger partial charge in [-0.25, -0.2) is 0 Å². The molecule has 0 saturated carbocycles. The fourth-order valence-corrected chi connectivity index (χ4v) is 2.82. The fourth-order valence-electron chi connectivity index (χ4n) is 2.82. The molecule has 0 unspecified atom stereocenters. The average Bonchev–Trinajstić information content (AvgIpc) is 2.51. The van der Waals surface area contributed by atoms with E-state index in [1.807, 2.05) is 4.90 Å². The van der Waals surface area contributed by atoms with Gasteiger partial charge in [0.15, 0.2) is 11.5 Å². The zero-order chi connectivity index (χ0) is 16.2. The molecule has 1 atom stereocenters. The smallest absolute Gasteiger partial charge is 0.390 e. The van der Waals surface area contributed by atoms with Crippen LogP contribution in [0.2, 0.25) is 0 Å². The second-order valence-electron chi connectivity index (χ2n) is 5.20. The summed E-state index contributed by atoms with van der Waals surface area (Å²) in [6.45, 7) is 2.50. The molecule has 0 bridgehead atoms. The van der Waals surface area contributed by atoms with Crippen LogP contribution in [0.5, 0.6) is 11.5 Å². The van der Waals surface area contributed by atoms with Crippen LogP contribution in [-0.4, -0.2) is 51.5 Å². The van der Waals surface area contributed by atoms with Crippen molar-refractivity contribution in [3.05, 3.63) is 23.8 Å². The predicted molar refractivity (Wildman–Crippen MR) is 91.9 cm³/mol. The number of benzene rings is 1. The Balaban J connectivity index is 0.00000264. The summed E-state index contributed by atoms with van der Waals surface area (Å²) in [5, 5.41) is 3.16. The van der Waals surface area contributed by atoms with Gasteiger partial charge in [0.1, 0.15) is 0 Å². The lowest BCUT2D eigenvalue weighted by Gasteiger charge is -2.36. The van der Waals surface area contributed by atoms with Crippen LogP contribution in [-0.2, 0) is 0 Å². The molecule has 1 aliphatic rings. The summed E-state index contributed by atoms with van der Waals surface area (Å²) in [5.74, 6) is 0.820. The van der Waals surface area contributed by atoms with E-state index in [2.05, 4.69) is 5.32 Å². The topological polar surface area (TPSA) is 33.7 Å². The third-order valence-corrected chi connectivity index (χ3v) is 3.81. The van der Waals surface area contributed by atoms with Crippen LogP contribution in [0.15, 0.2) is 18.2 Å². The molecule has 0 spiro atoms. The SMILES string of the molecule is COc1cccc([C@@H](CC(F)(F)F)N2CCNCC2)c1OC.Cl.Cl. The number of hydrogen-bond donors (Lipinski definition) is 1. The minimum atomic E-state index is -4.25. The summed E-state index contributed by atoms with van der Waals surface area (Å²) in [6.07, 6.45) is -5.15. The van der Waals surface area contributed by atoms with Crippen LogP contribution in [0.4, 0.5) is 13.2 Å². The standard InChI is InChI=1S/C15H21F3N2O2.2ClH/c1-21-13-5-3-4-11(14(13)22-2)12(10-15(16,17)18)20-8-6-19-7-9-20;;/h3-5,12,19H,6-10H2,1-2H3;2*1H/t12-;;/m1../s1. The van der Waals surface area contributed by atoms with Gasteiger partial charge in [0, 0.05) is 37.8 Å². The van der Waals surface area contributed by atoms with E-state index >= 15 is 0 Å². The van der Waals surface area contributed by atoms with Crippen LogP contribution in [0.25, 0.3) is 0 Å². The Bertz CT molecular complexity index is 498. The second-order valence-corrected chi connectivity index (χ2v) is 5.20. The van der Waals surface area contributed by atoms with Gasteiger partial charge in [-0.05, 0) is 6.07 Å². The molecule has 1 fully saturated rings. The molecule has 1 saturated heterocycles. The number of rotatable bonds is 5. The number of ether oxygens (including phenoxy) is 2. The van der Waals surface area contributed by atoms with Gasteiger partial charge in [-0.3, -0.25) is 4.90 Å². The Hall–Kier alpha value is -0.890. The lowest BCUT2D eigenvalue weighted by molar-refractivity contribution is -0.148. The summed E-state index contributed by atoms with van der Waals surface area (Å²) in [7, 11) is 2.93. The number of nitrogens with one attached hydrogen (secondary N) is 1. The molecule has 0 aromatic heterocycles. The Morgan fingerprint density at radius 1 is 1.12 bits per heavy atom. The van der Waals surface area contributed by atoms with Crippen LogP contribution in [0, 0.1) is 0 Å². The maximum atomic E-state index is 13.1. The largest absolute Gasteiger partial charge is 0.493 e. The highest BCUT2D eigenvalue weighted by Gasteiger charge is 2.37. The fraction of sp³-hybridized carbons (Fsp3) is 0.600.